The van der Waals surface area contributed by atoms with E-state index in [1.54, 1.807) is 0 Å². The van der Waals surface area contributed by atoms with Crippen molar-refractivity contribution < 1.29 is 13.6 Å². The maximum Gasteiger partial charge on any atom is 0.224 e. The van der Waals surface area contributed by atoms with E-state index in [0.717, 1.165) is 45.3 Å². The number of halogens is 4. The van der Waals surface area contributed by atoms with Gasteiger partial charge in [0.2, 0.25) is 5.91 Å². The van der Waals surface area contributed by atoms with Gasteiger partial charge >= 0.3 is 0 Å². The van der Waals surface area contributed by atoms with Gasteiger partial charge in [-0.3, -0.25) is 9.69 Å². The largest absolute Gasteiger partial charge is 0.352 e. The first-order valence-electron chi connectivity index (χ1n) is 8.80. The lowest BCUT2D eigenvalue weighted by Gasteiger charge is -2.34. The predicted octanol–water partition coefficient (Wildman–Crippen LogP) is 2.89. The normalized spacial score (nSPS) is 23.5. The average molecular weight is 410 g/mol. The minimum Gasteiger partial charge on any atom is -0.352 e. The topological polar surface area (TPSA) is 44.4 Å². The van der Waals surface area contributed by atoms with Crippen molar-refractivity contribution in [1.29, 1.82) is 0 Å². The van der Waals surface area contributed by atoms with Crippen LogP contribution in [0, 0.1) is 17.6 Å². The molecule has 1 aromatic carbocycles. The molecule has 2 saturated heterocycles. The van der Waals surface area contributed by atoms with Crippen molar-refractivity contribution in [2.75, 3.05) is 26.2 Å². The summed E-state index contributed by atoms with van der Waals surface area (Å²) in [5, 5.41) is 6.38. The standard InChI is InChI=1S/C18H25F2N3O.2ClH/c19-16-6-1-7-17(20)15(16)12-23-9-3-5-14(11-23)22-18(24)13-4-2-8-21-10-13;;/h1,6-7,13-14,21H,2-5,8-12H2,(H,22,24);2*1H. The van der Waals surface area contributed by atoms with Gasteiger partial charge in [0.25, 0.3) is 0 Å². The molecular formula is C18H27Cl2F2N3O. The van der Waals surface area contributed by atoms with Crippen molar-refractivity contribution in [1.82, 2.24) is 15.5 Å². The van der Waals surface area contributed by atoms with Crippen LogP contribution in [0.5, 0.6) is 0 Å². The van der Waals surface area contributed by atoms with Gasteiger partial charge in [-0.15, -0.1) is 24.8 Å². The fraction of sp³-hybridized carbons (Fsp3) is 0.611. The zero-order chi connectivity index (χ0) is 16.9. The van der Waals surface area contributed by atoms with Gasteiger partial charge in [-0.25, -0.2) is 8.78 Å². The Labute approximate surface area is 165 Å². The Bertz CT molecular complexity index is 565. The van der Waals surface area contributed by atoms with Gasteiger partial charge in [-0.1, -0.05) is 6.07 Å². The van der Waals surface area contributed by atoms with Crippen LogP contribution in [0.1, 0.15) is 31.2 Å². The third kappa shape index (κ3) is 6.05. The van der Waals surface area contributed by atoms with Gasteiger partial charge in [0, 0.05) is 31.2 Å². The predicted molar refractivity (Wildman–Crippen MR) is 103 cm³/mol. The van der Waals surface area contributed by atoms with Crippen LogP contribution in [0.25, 0.3) is 0 Å². The lowest BCUT2D eigenvalue weighted by molar-refractivity contribution is -0.126. The number of carbonyl (C=O) groups is 1. The summed E-state index contributed by atoms with van der Waals surface area (Å²) >= 11 is 0. The van der Waals surface area contributed by atoms with E-state index in [4.69, 9.17) is 0 Å². The van der Waals surface area contributed by atoms with E-state index >= 15 is 0 Å². The summed E-state index contributed by atoms with van der Waals surface area (Å²) in [7, 11) is 0. The van der Waals surface area contributed by atoms with Gasteiger partial charge < -0.3 is 10.6 Å². The molecule has 26 heavy (non-hydrogen) atoms. The van der Waals surface area contributed by atoms with Gasteiger partial charge in [0.15, 0.2) is 0 Å². The molecule has 0 aromatic heterocycles. The summed E-state index contributed by atoms with van der Waals surface area (Å²) in [6.45, 7) is 3.40. The summed E-state index contributed by atoms with van der Waals surface area (Å²) in [6.07, 6.45) is 3.79. The molecule has 2 aliphatic heterocycles. The van der Waals surface area contributed by atoms with E-state index in [2.05, 4.69) is 10.6 Å². The SMILES string of the molecule is Cl.Cl.O=C(NC1CCCN(Cc2c(F)cccc2F)C1)C1CCCNC1. The second-order valence-corrected chi connectivity index (χ2v) is 6.83. The van der Waals surface area contributed by atoms with Crippen LogP contribution in [-0.2, 0) is 11.3 Å². The number of nitrogens with zero attached hydrogens (tertiary/aromatic N) is 1. The average Bonchev–Trinajstić information content (AvgIpc) is 2.59. The van der Waals surface area contributed by atoms with Crippen LogP contribution in [0.2, 0.25) is 0 Å². The number of piperidine rings is 2. The van der Waals surface area contributed by atoms with Gasteiger partial charge in [0.1, 0.15) is 11.6 Å². The molecule has 148 valence electrons. The minimum absolute atomic E-state index is 0. The van der Waals surface area contributed by atoms with Crippen LogP contribution in [0.15, 0.2) is 18.2 Å². The number of benzene rings is 1. The third-order valence-electron chi connectivity index (χ3n) is 4.96. The molecule has 2 N–H and O–H groups in total. The Morgan fingerprint density at radius 1 is 1.19 bits per heavy atom. The molecule has 0 radical (unpaired) electrons. The molecule has 0 bridgehead atoms. The van der Waals surface area contributed by atoms with Crippen LogP contribution in [0.3, 0.4) is 0 Å². The zero-order valence-electron chi connectivity index (χ0n) is 14.7. The summed E-state index contributed by atoms with van der Waals surface area (Å²) in [5.74, 6) is -0.867. The van der Waals surface area contributed by atoms with E-state index in [1.165, 1.54) is 18.2 Å². The molecule has 1 aromatic rings. The lowest BCUT2D eigenvalue weighted by atomic mass is 9.97. The van der Waals surface area contributed by atoms with E-state index in [-0.39, 0.29) is 54.8 Å². The Hall–Kier alpha value is -0.950. The van der Waals surface area contributed by atoms with Crippen LogP contribution in [0.4, 0.5) is 8.78 Å². The fourth-order valence-electron chi connectivity index (χ4n) is 3.62. The highest BCUT2D eigenvalue weighted by Crippen LogP contribution is 2.19. The molecule has 4 nitrogen and oxygen atoms in total. The molecule has 2 unspecified atom stereocenters. The van der Waals surface area contributed by atoms with E-state index in [1.807, 2.05) is 4.90 Å². The second-order valence-electron chi connectivity index (χ2n) is 6.83. The van der Waals surface area contributed by atoms with Gasteiger partial charge in [-0.05, 0) is 50.9 Å². The molecule has 0 saturated carbocycles. The van der Waals surface area contributed by atoms with Gasteiger partial charge in [0.05, 0.1) is 5.92 Å². The van der Waals surface area contributed by atoms with Crippen molar-refractivity contribution in [2.24, 2.45) is 5.92 Å². The third-order valence-corrected chi connectivity index (χ3v) is 4.96. The van der Waals surface area contributed by atoms with Crippen LogP contribution < -0.4 is 10.6 Å². The Morgan fingerprint density at radius 2 is 1.92 bits per heavy atom. The Kier molecular flexibility index (Phi) is 9.79. The van der Waals surface area contributed by atoms with Crippen molar-refractivity contribution >= 4 is 30.7 Å². The first-order valence-corrected chi connectivity index (χ1v) is 8.80. The number of likely N-dealkylation sites (tertiary alicyclic amines) is 1. The molecule has 2 fully saturated rings. The maximum atomic E-state index is 13.8. The molecule has 1 amide bonds. The lowest BCUT2D eigenvalue weighted by Crippen LogP contribution is -2.50. The molecule has 2 atom stereocenters. The summed E-state index contributed by atoms with van der Waals surface area (Å²) in [4.78, 5) is 14.4. The number of nitrogens with one attached hydrogen (secondary N) is 2. The number of amides is 1. The quantitative estimate of drug-likeness (QED) is 0.803. The van der Waals surface area contributed by atoms with Crippen molar-refractivity contribution in [2.45, 2.75) is 38.3 Å². The van der Waals surface area contributed by atoms with Crippen molar-refractivity contribution in [3.8, 4) is 0 Å². The van der Waals surface area contributed by atoms with Gasteiger partial charge in [-0.2, -0.15) is 0 Å². The first-order chi connectivity index (χ1) is 11.6. The molecule has 0 spiro atoms. The van der Waals surface area contributed by atoms with Crippen LogP contribution >= 0.6 is 24.8 Å². The highest BCUT2D eigenvalue weighted by molar-refractivity contribution is 5.85. The van der Waals surface area contributed by atoms with Crippen LogP contribution in [-0.4, -0.2) is 43.0 Å². The number of hydrogen-bond donors (Lipinski definition) is 2. The number of hydrogen-bond acceptors (Lipinski definition) is 3. The first kappa shape index (κ1) is 23.1. The highest BCUT2D eigenvalue weighted by atomic mass is 35.5. The Balaban J connectivity index is 0.00000169. The molecule has 2 aliphatic rings. The Morgan fingerprint density at radius 3 is 2.58 bits per heavy atom. The minimum atomic E-state index is -0.505. The summed E-state index contributed by atoms with van der Waals surface area (Å²) in [5.41, 5.74) is 0.112. The van der Waals surface area contributed by atoms with E-state index < -0.39 is 11.6 Å². The molecule has 8 heteroatoms. The molecule has 3 rings (SSSR count). The highest BCUT2D eigenvalue weighted by Gasteiger charge is 2.27. The zero-order valence-corrected chi connectivity index (χ0v) is 16.3. The molecule has 0 aliphatic carbocycles. The second kappa shape index (κ2) is 11.0. The molecule has 2 heterocycles. The monoisotopic (exact) mass is 409 g/mol. The summed E-state index contributed by atoms with van der Waals surface area (Å²) in [6, 6.07) is 4.02. The van der Waals surface area contributed by atoms with Crippen molar-refractivity contribution in [3.63, 3.8) is 0 Å². The molecular weight excluding hydrogens is 383 g/mol. The summed E-state index contributed by atoms with van der Waals surface area (Å²) < 4.78 is 27.6. The smallest absolute Gasteiger partial charge is 0.224 e. The van der Waals surface area contributed by atoms with Crippen molar-refractivity contribution in [3.05, 3.63) is 35.4 Å². The maximum absolute atomic E-state index is 13.8. The van der Waals surface area contributed by atoms with E-state index in [9.17, 15) is 13.6 Å². The number of carbonyl (C=O) groups excluding carboxylic acids is 1. The van der Waals surface area contributed by atoms with E-state index in [0.29, 0.717) is 6.54 Å². The number of rotatable bonds is 4. The fourth-order valence-corrected chi connectivity index (χ4v) is 3.62.